The zero-order chi connectivity index (χ0) is 25.2. The normalized spacial score (nSPS) is 17.3. The molecule has 0 unspecified atom stereocenters. The van der Waals surface area contributed by atoms with Crippen molar-refractivity contribution < 1.29 is 4.79 Å². The smallest absolute Gasteiger partial charge is 0.274 e. The summed E-state index contributed by atoms with van der Waals surface area (Å²) in [5.74, 6) is 0.00232. The van der Waals surface area contributed by atoms with Gasteiger partial charge in [-0.15, -0.1) is 11.3 Å². The molecule has 6 rings (SSSR count). The summed E-state index contributed by atoms with van der Waals surface area (Å²) in [4.78, 5) is 23.0. The average Bonchev–Trinajstić information content (AvgIpc) is 3.62. The predicted octanol–water partition coefficient (Wildman–Crippen LogP) is 6.41. The Balaban J connectivity index is 1.26. The third-order valence-corrected chi connectivity index (χ3v) is 8.54. The van der Waals surface area contributed by atoms with E-state index in [9.17, 15) is 4.79 Å². The molecule has 2 fully saturated rings. The van der Waals surface area contributed by atoms with Crippen molar-refractivity contribution in [3.8, 4) is 27.6 Å². The van der Waals surface area contributed by atoms with Crippen LogP contribution in [0.1, 0.15) is 42.6 Å². The quantitative estimate of drug-likeness (QED) is 0.299. The standard InChI is InChI=1S/C29H30ClN5OS/c30-23-11-9-21(10-12-23)26-20-37-29(31-26)35-27(22-7-3-1-4-8-22)19-25(32-35)28(36)34-17-13-24(14-18-34)33-15-5-2-6-16-33/h1,3-4,7-12,19-20,24H,2,5-6,13-18H2. The van der Waals surface area contributed by atoms with Crippen LogP contribution in [0.5, 0.6) is 0 Å². The molecular formula is C29H30ClN5OS. The first-order valence-electron chi connectivity index (χ1n) is 13.1. The lowest BCUT2D eigenvalue weighted by molar-refractivity contribution is 0.0584. The van der Waals surface area contributed by atoms with Gasteiger partial charge in [0.1, 0.15) is 0 Å². The van der Waals surface area contributed by atoms with E-state index in [4.69, 9.17) is 21.7 Å². The molecule has 190 valence electrons. The molecule has 1 amide bonds. The molecule has 6 nitrogen and oxygen atoms in total. The number of halogens is 1. The topological polar surface area (TPSA) is 54.3 Å². The van der Waals surface area contributed by atoms with Crippen LogP contribution < -0.4 is 0 Å². The van der Waals surface area contributed by atoms with E-state index in [1.807, 2.05) is 75.6 Å². The molecular weight excluding hydrogens is 502 g/mol. The first kappa shape index (κ1) is 24.3. The zero-order valence-electron chi connectivity index (χ0n) is 20.7. The summed E-state index contributed by atoms with van der Waals surface area (Å²) in [5.41, 5.74) is 4.19. The van der Waals surface area contributed by atoms with Gasteiger partial charge in [-0.05, 0) is 57.0 Å². The van der Waals surface area contributed by atoms with E-state index in [1.165, 1.54) is 43.7 Å². The summed E-state index contributed by atoms with van der Waals surface area (Å²) in [6, 6.07) is 20.2. The number of thiazole rings is 1. The second kappa shape index (κ2) is 10.8. The van der Waals surface area contributed by atoms with Gasteiger partial charge in [-0.1, -0.05) is 60.5 Å². The zero-order valence-corrected chi connectivity index (χ0v) is 22.3. The van der Waals surface area contributed by atoms with Crippen LogP contribution >= 0.6 is 22.9 Å². The Labute approximate surface area is 226 Å². The lowest BCUT2D eigenvalue weighted by Crippen LogP contribution is -2.48. The molecule has 4 aromatic rings. The Hall–Kier alpha value is -3.00. The van der Waals surface area contributed by atoms with Crippen LogP contribution in [0.15, 0.2) is 66.0 Å². The number of nitrogens with zero attached hydrogens (tertiary/aromatic N) is 5. The molecule has 37 heavy (non-hydrogen) atoms. The monoisotopic (exact) mass is 531 g/mol. The van der Waals surface area contributed by atoms with Crippen LogP contribution in [0.4, 0.5) is 0 Å². The fourth-order valence-corrected chi connectivity index (χ4v) is 6.36. The Kier molecular flexibility index (Phi) is 7.09. The van der Waals surface area contributed by atoms with E-state index in [2.05, 4.69) is 4.90 Å². The van der Waals surface area contributed by atoms with Crippen LogP contribution in [-0.2, 0) is 0 Å². The van der Waals surface area contributed by atoms with Crippen LogP contribution in [0, 0.1) is 0 Å². The summed E-state index contributed by atoms with van der Waals surface area (Å²) in [6.07, 6.45) is 6.02. The Bertz CT molecular complexity index is 1350. The van der Waals surface area contributed by atoms with Gasteiger partial charge in [-0.3, -0.25) is 4.79 Å². The fourth-order valence-electron chi connectivity index (χ4n) is 5.44. The van der Waals surface area contributed by atoms with Gasteiger partial charge in [0, 0.05) is 40.7 Å². The summed E-state index contributed by atoms with van der Waals surface area (Å²) in [5, 5.41) is 8.24. The van der Waals surface area contributed by atoms with Crippen LogP contribution in [-0.4, -0.2) is 62.7 Å². The van der Waals surface area contributed by atoms with E-state index in [0.717, 1.165) is 53.6 Å². The lowest BCUT2D eigenvalue weighted by atomic mass is 9.99. The number of hydrogen-bond donors (Lipinski definition) is 0. The predicted molar refractivity (Wildman–Crippen MR) is 149 cm³/mol. The number of hydrogen-bond acceptors (Lipinski definition) is 5. The van der Waals surface area contributed by atoms with Crippen molar-refractivity contribution in [2.45, 2.75) is 38.1 Å². The molecule has 2 aliphatic heterocycles. The van der Waals surface area contributed by atoms with Crippen molar-refractivity contribution in [3.63, 3.8) is 0 Å². The van der Waals surface area contributed by atoms with E-state index >= 15 is 0 Å². The molecule has 2 aliphatic rings. The highest BCUT2D eigenvalue weighted by Crippen LogP contribution is 2.30. The Morgan fingerprint density at radius 1 is 0.892 bits per heavy atom. The number of piperidine rings is 2. The SMILES string of the molecule is O=C(c1cc(-c2ccccc2)n(-c2nc(-c3ccc(Cl)cc3)cs2)n1)N1CCC(N2CCCCC2)CC1. The molecule has 0 saturated carbocycles. The largest absolute Gasteiger partial charge is 0.337 e. The van der Waals surface area contributed by atoms with E-state index < -0.39 is 0 Å². The Morgan fingerprint density at radius 2 is 1.62 bits per heavy atom. The molecule has 8 heteroatoms. The molecule has 2 saturated heterocycles. The maximum absolute atomic E-state index is 13.6. The molecule has 0 atom stereocenters. The van der Waals surface area contributed by atoms with E-state index in [1.54, 1.807) is 0 Å². The number of carbonyl (C=O) groups is 1. The second-order valence-electron chi connectivity index (χ2n) is 9.83. The molecule has 0 aliphatic carbocycles. The maximum atomic E-state index is 13.6. The summed E-state index contributed by atoms with van der Waals surface area (Å²) < 4.78 is 1.81. The van der Waals surface area contributed by atoms with Gasteiger partial charge in [0.2, 0.25) is 5.13 Å². The van der Waals surface area contributed by atoms with E-state index in [0.29, 0.717) is 16.8 Å². The first-order valence-corrected chi connectivity index (χ1v) is 14.3. The number of benzene rings is 2. The Morgan fingerprint density at radius 3 is 2.35 bits per heavy atom. The van der Waals surface area contributed by atoms with Crippen molar-refractivity contribution in [2.75, 3.05) is 26.2 Å². The highest BCUT2D eigenvalue weighted by atomic mass is 35.5. The van der Waals surface area contributed by atoms with Gasteiger partial charge in [0.05, 0.1) is 11.4 Å². The average molecular weight is 532 g/mol. The summed E-state index contributed by atoms with van der Waals surface area (Å²) in [6.45, 7) is 3.97. The molecule has 0 N–H and O–H groups in total. The number of amides is 1. The number of aromatic nitrogens is 3. The lowest BCUT2D eigenvalue weighted by Gasteiger charge is -2.40. The van der Waals surface area contributed by atoms with Gasteiger partial charge in [0.25, 0.3) is 5.91 Å². The maximum Gasteiger partial charge on any atom is 0.274 e. The van der Waals surface area contributed by atoms with Crippen LogP contribution in [0.3, 0.4) is 0 Å². The fraction of sp³-hybridized carbons (Fsp3) is 0.345. The molecule has 2 aromatic carbocycles. The van der Waals surface area contributed by atoms with Crippen molar-refractivity contribution >= 4 is 28.8 Å². The minimum atomic E-state index is 0.00232. The van der Waals surface area contributed by atoms with Gasteiger partial charge < -0.3 is 9.80 Å². The summed E-state index contributed by atoms with van der Waals surface area (Å²) >= 11 is 7.58. The highest BCUT2D eigenvalue weighted by Gasteiger charge is 2.30. The number of likely N-dealkylation sites (tertiary alicyclic amines) is 2. The van der Waals surface area contributed by atoms with Crippen molar-refractivity contribution in [3.05, 3.63) is 76.8 Å². The minimum Gasteiger partial charge on any atom is -0.337 e. The van der Waals surface area contributed by atoms with Crippen molar-refractivity contribution in [1.29, 1.82) is 0 Å². The van der Waals surface area contributed by atoms with Crippen molar-refractivity contribution in [1.82, 2.24) is 24.6 Å². The molecule has 0 bridgehead atoms. The van der Waals surface area contributed by atoms with E-state index in [-0.39, 0.29) is 5.91 Å². The summed E-state index contributed by atoms with van der Waals surface area (Å²) in [7, 11) is 0. The van der Waals surface area contributed by atoms with Crippen LogP contribution in [0.25, 0.3) is 27.6 Å². The third kappa shape index (κ3) is 5.21. The molecule has 0 radical (unpaired) electrons. The molecule has 0 spiro atoms. The molecule has 4 heterocycles. The van der Waals surface area contributed by atoms with Crippen molar-refractivity contribution in [2.24, 2.45) is 0 Å². The minimum absolute atomic E-state index is 0.00232. The van der Waals surface area contributed by atoms with Gasteiger partial charge in [-0.2, -0.15) is 5.10 Å². The number of rotatable bonds is 5. The van der Waals surface area contributed by atoms with Gasteiger partial charge in [0.15, 0.2) is 5.69 Å². The molecule has 2 aromatic heterocycles. The first-order chi connectivity index (χ1) is 18.2. The third-order valence-electron chi connectivity index (χ3n) is 7.47. The van der Waals surface area contributed by atoms with Gasteiger partial charge in [-0.25, -0.2) is 9.67 Å². The number of carbonyl (C=O) groups excluding carboxylic acids is 1. The second-order valence-corrected chi connectivity index (χ2v) is 11.1. The highest BCUT2D eigenvalue weighted by molar-refractivity contribution is 7.12. The van der Waals surface area contributed by atoms with Crippen LogP contribution in [0.2, 0.25) is 5.02 Å². The van der Waals surface area contributed by atoms with Gasteiger partial charge >= 0.3 is 0 Å².